The van der Waals surface area contributed by atoms with Gasteiger partial charge in [-0.25, -0.2) is 9.67 Å². The van der Waals surface area contributed by atoms with Crippen LogP contribution >= 0.6 is 0 Å². The first-order valence-electron chi connectivity index (χ1n) is 14.3. The topological polar surface area (TPSA) is 55.7 Å². The van der Waals surface area contributed by atoms with Crippen molar-refractivity contribution in [2.24, 2.45) is 5.92 Å². The Labute approximate surface area is 237 Å². The molecule has 0 bridgehead atoms. The third kappa shape index (κ3) is 5.70. The summed E-state index contributed by atoms with van der Waals surface area (Å²) < 4.78 is 14.8. The van der Waals surface area contributed by atoms with Gasteiger partial charge in [-0.2, -0.15) is 5.10 Å². The molecule has 0 N–H and O–H groups in total. The first-order valence-corrected chi connectivity index (χ1v) is 14.3. The van der Waals surface area contributed by atoms with Crippen LogP contribution < -0.4 is 14.5 Å². The van der Waals surface area contributed by atoms with E-state index in [1.807, 2.05) is 4.68 Å². The van der Waals surface area contributed by atoms with Crippen LogP contribution in [0.3, 0.4) is 0 Å². The smallest absolute Gasteiger partial charge is 0.137 e. The zero-order valence-corrected chi connectivity index (χ0v) is 23.8. The maximum absolute atomic E-state index is 6.59. The molecule has 0 radical (unpaired) electrons. The van der Waals surface area contributed by atoms with E-state index in [0.717, 1.165) is 38.3 Å². The van der Waals surface area contributed by atoms with Crippen LogP contribution in [0.1, 0.15) is 28.7 Å². The van der Waals surface area contributed by atoms with E-state index in [1.54, 1.807) is 12.7 Å². The fraction of sp³-hybridized carbons (Fsp3) is 0.394. The Morgan fingerprint density at radius 1 is 0.850 bits per heavy atom. The lowest BCUT2D eigenvalue weighted by atomic mass is 9.84. The van der Waals surface area contributed by atoms with Gasteiger partial charge in [0.2, 0.25) is 0 Å². The lowest BCUT2D eigenvalue weighted by Gasteiger charge is -2.37. The monoisotopic (exact) mass is 537 g/mol. The van der Waals surface area contributed by atoms with Crippen molar-refractivity contribution in [1.82, 2.24) is 14.8 Å². The van der Waals surface area contributed by atoms with Gasteiger partial charge in [0.05, 0.1) is 19.8 Å². The second kappa shape index (κ2) is 11.3. The van der Waals surface area contributed by atoms with Crippen LogP contribution in [-0.2, 0) is 16.9 Å². The van der Waals surface area contributed by atoms with E-state index in [2.05, 4.69) is 107 Å². The largest absolute Gasteiger partial charge is 0.493 e. The molecule has 40 heavy (non-hydrogen) atoms. The van der Waals surface area contributed by atoms with Crippen LogP contribution in [0.15, 0.2) is 79.4 Å². The molecule has 208 valence electrons. The maximum Gasteiger partial charge on any atom is 0.137 e. The molecule has 0 amide bonds. The maximum atomic E-state index is 6.59. The molecule has 2 fully saturated rings. The second-order valence-electron chi connectivity index (χ2n) is 11.4. The summed E-state index contributed by atoms with van der Waals surface area (Å²) in [6.07, 6.45) is 4.22. The predicted octanol–water partition coefficient (Wildman–Crippen LogP) is 5.54. The molecular weight excluding hydrogens is 498 g/mol. The summed E-state index contributed by atoms with van der Waals surface area (Å²) in [5.74, 6) is 1.20. The van der Waals surface area contributed by atoms with Gasteiger partial charge >= 0.3 is 0 Å². The Bertz CT molecular complexity index is 1400. The second-order valence-corrected chi connectivity index (χ2v) is 11.4. The summed E-state index contributed by atoms with van der Waals surface area (Å²) in [6, 6.07) is 24.0. The molecule has 6 rings (SSSR count). The zero-order chi connectivity index (χ0) is 27.5. The number of rotatable bonds is 8. The normalized spacial score (nSPS) is 21.1. The number of nitrogens with zero attached hydrogens (tertiary/aromatic N) is 5. The Morgan fingerprint density at radius 2 is 1.50 bits per heavy atom. The summed E-state index contributed by atoms with van der Waals surface area (Å²) in [5.41, 5.74) is 7.16. The minimum atomic E-state index is -0.440. The highest BCUT2D eigenvalue weighted by Gasteiger charge is 2.43. The molecule has 3 heterocycles. The van der Waals surface area contributed by atoms with Crippen molar-refractivity contribution in [2.75, 3.05) is 49.2 Å². The Hall–Kier alpha value is -3.84. The standard InChI is InChI=1S/C33H39N5O2/c1-25-4-7-29(8-5-25)36-14-16-37(17-15-36)30-9-11-31(12-10-30)39-20-28-19-33(40-21-28,22-38-24-34-23-35-38)32-13-6-26(2)18-27(32)3/h4-13,18,23-24,28H,14-17,19-22H2,1-3H3. The summed E-state index contributed by atoms with van der Waals surface area (Å²) >= 11 is 0. The van der Waals surface area contributed by atoms with Crippen molar-refractivity contribution in [2.45, 2.75) is 39.3 Å². The Balaban J connectivity index is 1.06. The lowest BCUT2D eigenvalue weighted by Crippen LogP contribution is -2.46. The SMILES string of the molecule is Cc1ccc(N2CCN(c3ccc(OCC4COC(Cn5cncn5)(c5ccc(C)cc5C)C4)cc3)CC2)cc1. The first-order chi connectivity index (χ1) is 19.5. The van der Waals surface area contributed by atoms with Gasteiger partial charge in [-0.15, -0.1) is 0 Å². The number of anilines is 2. The number of benzene rings is 3. The average molecular weight is 538 g/mol. The summed E-state index contributed by atoms with van der Waals surface area (Å²) in [5, 5.41) is 4.37. The van der Waals surface area contributed by atoms with Crippen molar-refractivity contribution >= 4 is 11.4 Å². The molecule has 0 aliphatic carbocycles. The van der Waals surface area contributed by atoms with E-state index < -0.39 is 5.60 Å². The highest BCUT2D eigenvalue weighted by molar-refractivity contribution is 5.53. The van der Waals surface area contributed by atoms with Crippen molar-refractivity contribution in [3.63, 3.8) is 0 Å². The van der Waals surface area contributed by atoms with Gasteiger partial charge in [0.15, 0.2) is 0 Å². The van der Waals surface area contributed by atoms with Crippen molar-refractivity contribution < 1.29 is 9.47 Å². The molecule has 7 heteroatoms. The Kier molecular flexibility index (Phi) is 7.48. The minimum Gasteiger partial charge on any atom is -0.493 e. The van der Waals surface area contributed by atoms with Crippen LogP contribution in [0.4, 0.5) is 11.4 Å². The van der Waals surface area contributed by atoms with Gasteiger partial charge in [0, 0.05) is 43.5 Å². The van der Waals surface area contributed by atoms with Crippen molar-refractivity contribution in [3.8, 4) is 5.75 Å². The van der Waals surface area contributed by atoms with Gasteiger partial charge in [0.1, 0.15) is 24.0 Å². The molecule has 2 aliphatic rings. The third-order valence-corrected chi connectivity index (χ3v) is 8.34. The molecule has 4 aromatic rings. The summed E-state index contributed by atoms with van der Waals surface area (Å²) in [6.45, 7) is 12.4. The molecule has 7 nitrogen and oxygen atoms in total. The van der Waals surface area contributed by atoms with Crippen LogP contribution in [0.2, 0.25) is 0 Å². The van der Waals surface area contributed by atoms with Crippen molar-refractivity contribution in [3.05, 3.63) is 102 Å². The summed E-state index contributed by atoms with van der Waals surface area (Å²) in [7, 11) is 0. The predicted molar refractivity (Wildman–Crippen MR) is 159 cm³/mol. The molecule has 3 aromatic carbocycles. The molecule has 2 atom stereocenters. The Morgan fingerprint density at radius 3 is 2.12 bits per heavy atom. The van der Waals surface area contributed by atoms with Gasteiger partial charge < -0.3 is 19.3 Å². The van der Waals surface area contributed by atoms with Crippen molar-refractivity contribution in [1.29, 1.82) is 0 Å². The number of ether oxygens (including phenoxy) is 2. The van der Waals surface area contributed by atoms with Crippen LogP contribution in [0.25, 0.3) is 0 Å². The minimum absolute atomic E-state index is 0.291. The van der Waals surface area contributed by atoms with E-state index in [0.29, 0.717) is 25.7 Å². The number of aryl methyl sites for hydroxylation is 3. The molecule has 0 spiro atoms. The van der Waals surface area contributed by atoms with Gasteiger partial charge in [-0.05, 0) is 74.7 Å². The molecular formula is C33H39N5O2. The number of hydrogen-bond donors (Lipinski definition) is 0. The lowest BCUT2D eigenvalue weighted by molar-refractivity contribution is -0.0184. The van der Waals surface area contributed by atoms with E-state index >= 15 is 0 Å². The highest BCUT2D eigenvalue weighted by Crippen LogP contribution is 2.42. The number of piperazine rings is 1. The average Bonchev–Trinajstić information content (AvgIpc) is 3.63. The quantitative estimate of drug-likeness (QED) is 0.294. The molecule has 2 unspecified atom stereocenters. The van der Waals surface area contributed by atoms with Gasteiger partial charge in [0.25, 0.3) is 0 Å². The van der Waals surface area contributed by atoms with E-state index in [4.69, 9.17) is 9.47 Å². The van der Waals surface area contributed by atoms with Crippen LogP contribution in [0, 0.1) is 26.7 Å². The molecule has 1 aromatic heterocycles. The van der Waals surface area contributed by atoms with Crippen LogP contribution in [0.5, 0.6) is 5.75 Å². The number of aromatic nitrogens is 3. The van der Waals surface area contributed by atoms with E-state index in [-0.39, 0.29) is 0 Å². The molecule has 2 aliphatic heterocycles. The first kappa shape index (κ1) is 26.4. The number of hydrogen-bond acceptors (Lipinski definition) is 6. The fourth-order valence-electron chi connectivity index (χ4n) is 6.20. The molecule has 0 saturated carbocycles. The fourth-order valence-corrected chi connectivity index (χ4v) is 6.20. The summed E-state index contributed by atoms with van der Waals surface area (Å²) in [4.78, 5) is 9.08. The third-order valence-electron chi connectivity index (χ3n) is 8.34. The van der Waals surface area contributed by atoms with E-state index in [1.165, 1.54) is 33.6 Å². The highest BCUT2D eigenvalue weighted by atomic mass is 16.5. The molecule has 2 saturated heterocycles. The van der Waals surface area contributed by atoms with E-state index in [9.17, 15) is 0 Å². The van der Waals surface area contributed by atoms with Crippen LogP contribution in [-0.4, -0.2) is 54.2 Å². The van der Waals surface area contributed by atoms with Gasteiger partial charge in [-0.3, -0.25) is 0 Å². The van der Waals surface area contributed by atoms with Gasteiger partial charge in [-0.1, -0.05) is 41.5 Å². The zero-order valence-electron chi connectivity index (χ0n) is 23.8.